The molecule has 0 saturated heterocycles. The second-order valence-electron chi connectivity index (χ2n) is 4.92. The smallest absolute Gasteiger partial charge is 0.159 e. The minimum absolute atomic E-state index is 0.487. The van der Waals surface area contributed by atoms with Gasteiger partial charge >= 0.3 is 0 Å². The van der Waals surface area contributed by atoms with Gasteiger partial charge in [-0.15, -0.1) is 5.10 Å². The minimum Gasteiger partial charge on any atom is -0.398 e. The van der Waals surface area contributed by atoms with Gasteiger partial charge in [0.1, 0.15) is 0 Å². The van der Waals surface area contributed by atoms with Crippen molar-refractivity contribution in [1.29, 1.82) is 0 Å². The fourth-order valence-electron chi connectivity index (χ4n) is 2.67. The van der Waals surface area contributed by atoms with Gasteiger partial charge in [0.25, 0.3) is 0 Å². The standard InChI is InChI=1S/C13H17N5/c1-9-11(14)7-4-8-12(9)18-13(15-16-17-18)10-5-2-3-6-10/h4,7-8,10H,2-3,5-6,14H2,1H3. The van der Waals surface area contributed by atoms with Gasteiger partial charge in [0.15, 0.2) is 5.82 Å². The molecule has 0 bridgehead atoms. The molecule has 2 N–H and O–H groups in total. The molecule has 1 aromatic heterocycles. The zero-order valence-corrected chi connectivity index (χ0v) is 10.5. The Morgan fingerprint density at radius 2 is 2.06 bits per heavy atom. The first-order valence-electron chi connectivity index (χ1n) is 6.41. The van der Waals surface area contributed by atoms with Crippen LogP contribution in [-0.4, -0.2) is 20.2 Å². The third-order valence-corrected chi connectivity index (χ3v) is 3.79. The van der Waals surface area contributed by atoms with E-state index in [1.807, 2.05) is 29.8 Å². The molecule has 5 heteroatoms. The van der Waals surface area contributed by atoms with E-state index in [2.05, 4.69) is 15.5 Å². The maximum Gasteiger partial charge on any atom is 0.159 e. The highest BCUT2D eigenvalue weighted by molar-refractivity contribution is 5.56. The molecule has 3 rings (SSSR count). The first-order chi connectivity index (χ1) is 8.77. The Hall–Kier alpha value is -1.91. The SMILES string of the molecule is Cc1c(N)cccc1-n1nnnc1C1CCCC1. The van der Waals surface area contributed by atoms with Crippen LogP contribution in [0.3, 0.4) is 0 Å². The zero-order valence-electron chi connectivity index (χ0n) is 10.5. The lowest BCUT2D eigenvalue weighted by Crippen LogP contribution is -2.09. The molecule has 1 fully saturated rings. The largest absolute Gasteiger partial charge is 0.398 e. The number of rotatable bonds is 2. The van der Waals surface area contributed by atoms with Crippen molar-refractivity contribution in [1.82, 2.24) is 20.2 Å². The highest BCUT2D eigenvalue weighted by atomic mass is 15.5. The van der Waals surface area contributed by atoms with Crippen LogP contribution >= 0.6 is 0 Å². The number of nitrogens with two attached hydrogens (primary N) is 1. The summed E-state index contributed by atoms with van der Waals surface area (Å²) in [6.45, 7) is 2.00. The van der Waals surface area contributed by atoms with Gasteiger partial charge in [-0.25, -0.2) is 0 Å². The third kappa shape index (κ3) is 1.75. The van der Waals surface area contributed by atoms with Gasteiger partial charge in [-0.1, -0.05) is 18.9 Å². The molecule has 1 aliphatic rings. The van der Waals surface area contributed by atoms with Crippen molar-refractivity contribution in [2.45, 2.75) is 38.5 Å². The van der Waals surface area contributed by atoms with Crippen LogP contribution in [0.5, 0.6) is 0 Å². The molecular weight excluding hydrogens is 226 g/mol. The van der Waals surface area contributed by atoms with E-state index in [4.69, 9.17) is 5.73 Å². The Morgan fingerprint density at radius 1 is 1.28 bits per heavy atom. The number of aromatic nitrogens is 4. The van der Waals surface area contributed by atoms with Crippen molar-refractivity contribution in [2.24, 2.45) is 0 Å². The molecule has 5 nitrogen and oxygen atoms in total. The van der Waals surface area contributed by atoms with Crippen molar-refractivity contribution in [2.75, 3.05) is 5.73 Å². The Balaban J connectivity index is 2.06. The molecule has 1 heterocycles. The van der Waals surface area contributed by atoms with Crippen LogP contribution in [0.25, 0.3) is 5.69 Å². The minimum atomic E-state index is 0.487. The topological polar surface area (TPSA) is 69.6 Å². The van der Waals surface area contributed by atoms with Crippen LogP contribution in [-0.2, 0) is 0 Å². The number of benzene rings is 1. The summed E-state index contributed by atoms with van der Waals surface area (Å²) in [7, 11) is 0. The van der Waals surface area contributed by atoms with E-state index >= 15 is 0 Å². The van der Waals surface area contributed by atoms with Crippen molar-refractivity contribution >= 4 is 5.69 Å². The second-order valence-corrected chi connectivity index (χ2v) is 4.92. The number of hydrogen-bond donors (Lipinski definition) is 1. The average molecular weight is 243 g/mol. The molecule has 0 amide bonds. The van der Waals surface area contributed by atoms with E-state index in [0.717, 1.165) is 22.8 Å². The Bertz CT molecular complexity index is 554. The molecule has 1 aliphatic carbocycles. The van der Waals surface area contributed by atoms with Gasteiger partial charge in [0, 0.05) is 11.6 Å². The van der Waals surface area contributed by atoms with Crippen LogP contribution < -0.4 is 5.73 Å². The number of hydrogen-bond acceptors (Lipinski definition) is 4. The molecule has 0 spiro atoms. The van der Waals surface area contributed by atoms with Crippen LogP contribution in [0.2, 0.25) is 0 Å². The van der Waals surface area contributed by atoms with Crippen LogP contribution in [0.1, 0.15) is 43.0 Å². The lowest BCUT2D eigenvalue weighted by atomic mass is 10.1. The Morgan fingerprint density at radius 3 is 2.83 bits per heavy atom. The number of nitrogen functional groups attached to an aromatic ring is 1. The predicted molar refractivity (Wildman–Crippen MR) is 69.5 cm³/mol. The quantitative estimate of drug-likeness (QED) is 0.821. The van der Waals surface area contributed by atoms with E-state index in [-0.39, 0.29) is 0 Å². The highest BCUT2D eigenvalue weighted by Gasteiger charge is 2.24. The molecular formula is C13H17N5. The van der Waals surface area contributed by atoms with E-state index in [0.29, 0.717) is 5.92 Å². The Kier molecular flexibility index (Phi) is 2.74. The highest BCUT2D eigenvalue weighted by Crippen LogP contribution is 2.34. The van der Waals surface area contributed by atoms with Crippen LogP contribution in [0.4, 0.5) is 5.69 Å². The summed E-state index contributed by atoms with van der Waals surface area (Å²) in [6.07, 6.45) is 4.91. The normalized spacial score (nSPS) is 16.3. The first-order valence-corrected chi connectivity index (χ1v) is 6.41. The number of anilines is 1. The fourth-order valence-corrected chi connectivity index (χ4v) is 2.67. The van der Waals surface area contributed by atoms with E-state index in [9.17, 15) is 0 Å². The molecule has 1 saturated carbocycles. The van der Waals surface area contributed by atoms with Crippen LogP contribution in [0, 0.1) is 6.92 Å². The molecule has 1 aromatic carbocycles. The second kappa shape index (κ2) is 4.40. The number of tetrazole rings is 1. The van der Waals surface area contributed by atoms with Crippen molar-refractivity contribution < 1.29 is 0 Å². The first kappa shape index (κ1) is 11.2. The summed E-state index contributed by atoms with van der Waals surface area (Å²) < 4.78 is 1.85. The molecule has 2 aromatic rings. The lowest BCUT2D eigenvalue weighted by Gasteiger charge is -2.12. The van der Waals surface area contributed by atoms with E-state index in [1.165, 1.54) is 25.7 Å². The van der Waals surface area contributed by atoms with E-state index < -0.39 is 0 Å². The van der Waals surface area contributed by atoms with Gasteiger partial charge < -0.3 is 5.73 Å². The average Bonchev–Trinajstić information content (AvgIpc) is 3.01. The maximum atomic E-state index is 5.95. The molecule has 94 valence electrons. The fraction of sp³-hybridized carbons (Fsp3) is 0.462. The van der Waals surface area contributed by atoms with Gasteiger partial charge in [0.2, 0.25) is 0 Å². The maximum absolute atomic E-state index is 5.95. The summed E-state index contributed by atoms with van der Waals surface area (Å²) >= 11 is 0. The summed E-state index contributed by atoms with van der Waals surface area (Å²) in [5.74, 6) is 1.46. The van der Waals surface area contributed by atoms with E-state index in [1.54, 1.807) is 0 Å². The summed E-state index contributed by atoms with van der Waals surface area (Å²) in [4.78, 5) is 0. The molecule has 0 atom stereocenters. The summed E-state index contributed by atoms with van der Waals surface area (Å²) in [6, 6.07) is 5.86. The molecule has 0 aliphatic heterocycles. The summed E-state index contributed by atoms with van der Waals surface area (Å²) in [5.41, 5.74) is 8.75. The van der Waals surface area contributed by atoms with Crippen LogP contribution in [0.15, 0.2) is 18.2 Å². The van der Waals surface area contributed by atoms with Gasteiger partial charge in [0.05, 0.1) is 5.69 Å². The van der Waals surface area contributed by atoms with Gasteiger partial charge in [-0.2, -0.15) is 4.68 Å². The van der Waals surface area contributed by atoms with Gasteiger partial charge in [-0.3, -0.25) is 0 Å². The van der Waals surface area contributed by atoms with Gasteiger partial charge in [-0.05, 0) is 47.9 Å². The van der Waals surface area contributed by atoms with Crippen molar-refractivity contribution in [3.63, 3.8) is 0 Å². The monoisotopic (exact) mass is 243 g/mol. The molecule has 18 heavy (non-hydrogen) atoms. The number of nitrogens with zero attached hydrogens (tertiary/aromatic N) is 4. The molecule has 0 unspecified atom stereocenters. The predicted octanol–water partition coefficient (Wildman–Crippen LogP) is 2.21. The van der Waals surface area contributed by atoms with Crippen molar-refractivity contribution in [3.8, 4) is 5.69 Å². The molecule has 0 radical (unpaired) electrons. The summed E-state index contributed by atoms with van der Waals surface area (Å²) in [5, 5.41) is 12.2. The van der Waals surface area contributed by atoms with Crippen molar-refractivity contribution in [3.05, 3.63) is 29.6 Å². The Labute approximate surface area is 106 Å². The zero-order chi connectivity index (χ0) is 12.5. The third-order valence-electron chi connectivity index (χ3n) is 3.79. The lowest BCUT2D eigenvalue weighted by molar-refractivity contribution is 0.635.